The summed E-state index contributed by atoms with van der Waals surface area (Å²) < 4.78 is 17.4. The predicted molar refractivity (Wildman–Crippen MR) is 126 cm³/mol. The fraction of sp³-hybridized carbons (Fsp3) is 0.478. The number of ether oxygens (including phenoxy) is 3. The molecule has 33 heavy (non-hydrogen) atoms. The molecule has 174 valence electrons. The number of halogens is 1. The van der Waals surface area contributed by atoms with Crippen LogP contribution in [0.4, 0.5) is 11.5 Å². The van der Waals surface area contributed by atoms with Crippen LogP contribution in [0.5, 0.6) is 11.5 Å². The van der Waals surface area contributed by atoms with Crippen LogP contribution in [-0.2, 0) is 4.74 Å². The fourth-order valence-corrected chi connectivity index (χ4v) is 4.56. The first-order valence-corrected chi connectivity index (χ1v) is 11.6. The van der Waals surface area contributed by atoms with Gasteiger partial charge in [-0.3, -0.25) is 4.98 Å². The molecule has 0 bridgehead atoms. The molecule has 0 amide bonds. The Kier molecular flexibility index (Phi) is 6.59. The molecule has 1 saturated heterocycles. The summed E-state index contributed by atoms with van der Waals surface area (Å²) in [4.78, 5) is 19.6. The first-order chi connectivity index (χ1) is 16.2. The summed E-state index contributed by atoms with van der Waals surface area (Å²) in [6.07, 6.45) is 8.86. The number of benzene rings is 1. The van der Waals surface area contributed by atoms with Gasteiger partial charge in [-0.2, -0.15) is 4.98 Å². The van der Waals surface area contributed by atoms with E-state index in [2.05, 4.69) is 42.3 Å². The van der Waals surface area contributed by atoms with Crippen molar-refractivity contribution in [2.75, 3.05) is 43.6 Å². The summed E-state index contributed by atoms with van der Waals surface area (Å²) in [5.74, 6) is 2.01. The zero-order valence-corrected chi connectivity index (χ0v) is 19.3. The van der Waals surface area contributed by atoms with Gasteiger partial charge in [-0.15, -0.1) is 0 Å². The van der Waals surface area contributed by atoms with Crippen molar-refractivity contribution in [1.29, 1.82) is 0 Å². The van der Waals surface area contributed by atoms with Gasteiger partial charge in [0.2, 0.25) is 5.28 Å². The highest BCUT2D eigenvalue weighted by Crippen LogP contribution is 2.34. The minimum Gasteiger partial charge on any atom is -0.491 e. The van der Waals surface area contributed by atoms with Crippen molar-refractivity contribution >= 4 is 34.1 Å². The number of fused-ring (bicyclic) bond motifs is 1. The van der Waals surface area contributed by atoms with Gasteiger partial charge in [-0.1, -0.05) is 0 Å². The van der Waals surface area contributed by atoms with E-state index in [1.165, 1.54) is 0 Å². The molecule has 2 aliphatic rings. The molecule has 3 heterocycles. The van der Waals surface area contributed by atoms with Crippen LogP contribution in [0.1, 0.15) is 25.7 Å². The minimum atomic E-state index is 0.115. The Bertz CT molecular complexity index is 1100. The number of anilines is 2. The van der Waals surface area contributed by atoms with E-state index in [0.29, 0.717) is 11.6 Å². The van der Waals surface area contributed by atoms with Crippen LogP contribution in [0, 0.1) is 0 Å². The average molecular weight is 471 g/mol. The minimum absolute atomic E-state index is 0.115. The summed E-state index contributed by atoms with van der Waals surface area (Å²) in [7, 11) is 1.60. The topological polar surface area (TPSA) is 94.5 Å². The van der Waals surface area contributed by atoms with Crippen molar-refractivity contribution in [3.63, 3.8) is 0 Å². The van der Waals surface area contributed by atoms with E-state index in [1.807, 2.05) is 0 Å². The molecule has 0 unspecified atom stereocenters. The molecule has 1 saturated carbocycles. The molecule has 9 nitrogen and oxygen atoms in total. The van der Waals surface area contributed by atoms with Gasteiger partial charge in [0.1, 0.15) is 11.3 Å². The van der Waals surface area contributed by atoms with Crippen molar-refractivity contribution < 1.29 is 14.2 Å². The van der Waals surface area contributed by atoms with Gasteiger partial charge in [-0.05, 0) is 43.4 Å². The van der Waals surface area contributed by atoms with Crippen molar-refractivity contribution in [2.24, 2.45) is 0 Å². The SMILES string of the molecule is COc1cnc(Cl)nc1NC1CCC(Oc2cc(N3CCOCC3)cc3nccnc23)CC1. The van der Waals surface area contributed by atoms with Gasteiger partial charge >= 0.3 is 0 Å². The van der Waals surface area contributed by atoms with Crippen molar-refractivity contribution in [2.45, 2.75) is 37.8 Å². The normalized spacial score (nSPS) is 21.1. The number of hydrogen-bond donors (Lipinski definition) is 1. The largest absolute Gasteiger partial charge is 0.491 e. The van der Waals surface area contributed by atoms with Gasteiger partial charge < -0.3 is 24.4 Å². The van der Waals surface area contributed by atoms with E-state index in [4.69, 9.17) is 25.8 Å². The molecular weight excluding hydrogens is 444 g/mol. The molecule has 1 aromatic carbocycles. The van der Waals surface area contributed by atoms with Gasteiger partial charge in [-0.25, -0.2) is 9.97 Å². The molecule has 0 radical (unpaired) electrons. The quantitative estimate of drug-likeness (QED) is 0.540. The Hall–Kier alpha value is -2.91. The lowest BCUT2D eigenvalue weighted by atomic mass is 9.93. The second-order valence-corrected chi connectivity index (χ2v) is 8.60. The third-order valence-electron chi connectivity index (χ3n) is 6.15. The molecule has 5 rings (SSSR count). The Morgan fingerprint density at radius 3 is 2.61 bits per heavy atom. The number of rotatable bonds is 6. The average Bonchev–Trinajstić information content (AvgIpc) is 2.86. The maximum atomic E-state index is 6.50. The standard InChI is InChI=1S/C23H27ClN6O3/c1-31-20-14-27-23(24)29-22(20)28-15-2-4-17(5-3-15)33-19-13-16(30-8-10-32-11-9-30)12-18-21(19)26-7-6-25-18/h6-7,12-15,17H,2-5,8-11H2,1H3,(H,27,28,29). The number of hydrogen-bond acceptors (Lipinski definition) is 9. The van der Waals surface area contributed by atoms with E-state index < -0.39 is 0 Å². The summed E-state index contributed by atoms with van der Waals surface area (Å²) >= 11 is 5.96. The van der Waals surface area contributed by atoms with E-state index in [0.717, 1.165) is 74.5 Å². The Labute approximate surface area is 197 Å². The molecule has 2 aromatic heterocycles. The van der Waals surface area contributed by atoms with Crippen molar-refractivity contribution in [3.05, 3.63) is 36.0 Å². The van der Waals surface area contributed by atoms with Gasteiger partial charge in [0.05, 0.1) is 38.1 Å². The number of morpholine rings is 1. The smallest absolute Gasteiger partial charge is 0.224 e. The lowest BCUT2D eigenvalue weighted by Gasteiger charge is -2.31. The highest BCUT2D eigenvalue weighted by atomic mass is 35.5. The van der Waals surface area contributed by atoms with Crippen LogP contribution in [0.3, 0.4) is 0 Å². The summed E-state index contributed by atoms with van der Waals surface area (Å²) in [5.41, 5.74) is 2.75. The van der Waals surface area contributed by atoms with Crippen LogP contribution in [0.15, 0.2) is 30.7 Å². The van der Waals surface area contributed by atoms with Crippen LogP contribution in [0.25, 0.3) is 11.0 Å². The van der Waals surface area contributed by atoms with Gasteiger partial charge in [0.15, 0.2) is 11.6 Å². The zero-order chi connectivity index (χ0) is 22.6. The van der Waals surface area contributed by atoms with Crippen molar-refractivity contribution in [3.8, 4) is 11.5 Å². The van der Waals surface area contributed by atoms with Crippen molar-refractivity contribution in [1.82, 2.24) is 19.9 Å². The van der Waals surface area contributed by atoms with E-state index >= 15 is 0 Å². The molecule has 0 spiro atoms. The Morgan fingerprint density at radius 2 is 1.82 bits per heavy atom. The third-order valence-corrected chi connectivity index (χ3v) is 6.34. The van der Waals surface area contributed by atoms with E-state index in [1.54, 1.807) is 25.7 Å². The van der Waals surface area contributed by atoms with Gasteiger partial charge in [0.25, 0.3) is 0 Å². The summed E-state index contributed by atoms with van der Waals surface area (Å²) in [6.45, 7) is 3.18. The number of nitrogens with one attached hydrogen (secondary N) is 1. The molecule has 1 aliphatic carbocycles. The van der Waals surface area contributed by atoms with Crippen LogP contribution in [-0.4, -0.2) is 65.5 Å². The molecular formula is C23H27ClN6O3. The first kappa shape index (κ1) is 21.9. The Balaban J connectivity index is 1.28. The number of methoxy groups -OCH3 is 1. The summed E-state index contributed by atoms with van der Waals surface area (Å²) in [5, 5.41) is 3.65. The second kappa shape index (κ2) is 9.93. The van der Waals surface area contributed by atoms with Crippen LogP contribution >= 0.6 is 11.6 Å². The predicted octanol–water partition coefficient (Wildman–Crippen LogP) is 3.72. The van der Waals surface area contributed by atoms with Crippen LogP contribution in [0.2, 0.25) is 5.28 Å². The molecule has 3 aromatic rings. The molecule has 2 fully saturated rings. The van der Waals surface area contributed by atoms with Crippen LogP contribution < -0.4 is 19.7 Å². The monoisotopic (exact) mass is 470 g/mol. The molecule has 1 aliphatic heterocycles. The van der Waals surface area contributed by atoms with Gasteiger partial charge in [0, 0.05) is 43.3 Å². The first-order valence-electron chi connectivity index (χ1n) is 11.3. The maximum Gasteiger partial charge on any atom is 0.224 e. The molecule has 1 N–H and O–H groups in total. The highest BCUT2D eigenvalue weighted by Gasteiger charge is 2.25. The number of aromatic nitrogens is 4. The fourth-order valence-electron chi connectivity index (χ4n) is 4.42. The maximum absolute atomic E-state index is 6.50. The third kappa shape index (κ3) is 5.04. The number of nitrogens with zero attached hydrogens (tertiary/aromatic N) is 5. The zero-order valence-electron chi connectivity index (χ0n) is 18.5. The Morgan fingerprint density at radius 1 is 1.03 bits per heavy atom. The molecule has 10 heteroatoms. The second-order valence-electron chi connectivity index (χ2n) is 8.26. The lowest BCUT2D eigenvalue weighted by Crippen LogP contribution is -2.36. The summed E-state index contributed by atoms with van der Waals surface area (Å²) in [6, 6.07) is 4.45. The molecule has 0 atom stereocenters. The highest BCUT2D eigenvalue weighted by molar-refractivity contribution is 6.28. The lowest BCUT2D eigenvalue weighted by molar-refractivity contribution is 0.122. The van der Waals surface area contributed by atoms with E-state index in [-0.39, 0.29) is 17.4 Å². The van der Waals surface area contributed by atoms with E-state index in [9.17, 15) is 0 Å².